The van der Waals surface area contributed by atoms with Crippen LogP contribution in [0.3, 0.4) is 0 Å². The number of urea groups is 1. The van der Waals surface area contributed by atoms with Gasteiger partial charge in [0.05, 0.1) is 25.5 Å². The van der Waals surface area contributed by atoms with Gasteiger partial charge in [-0.15, -0.1) is 0 Å². The van der Waals surface area contributed by atoms with Crippen LogP contribution in [0.2, 0.25) is 0 Å². The van der Waals surface area contributed by atoms with Gasteiger partial charge in [-0.05, 0) is 66.4 Å². The summed E-state index contributed by atoms with van der Waals surface area (Å²) >= 11 is 0. The molecule has 4 N–H and O–H groups in total. The minimum Gasteiger partial charge on any atom is -0.493 e. The minimum atomic E-state index is -0.628. The van der Waals surface area contributed by atoms with E-state index >= 15 is 0 Å². The van der Waals surface area contributed by atoms with Crippen molar-refractivity contribution in [1.82, 2.24) is 10.2 Å². The zero-order chi connectivity index (χ0) is 27.4. The van der Waals surface area contributed by atoms with E-state index in [9.17, 15) is 14.4 Å². The van der Waals surface area contributed by atoms with Gasteiger partial charge in [-0.25, -0.2) is 4.79 Å². The second-order valence-corrected chi connectivity index (χ2v) is 8.86. The van der Waals surface area contributed by atoms with Crippen LogP contribution in [-0.2, 0) is 6.42 Å². The van der Waals surface area contributed by atoms with Gasteiger partial charge in [-0.3, -0.25) is 14.5 Å². The molecule has 1 unspecified atom stereocenters. The summed E-state index contributed by atoms with van der Waals surface area (Å²) in [5, 5.41) is 5.45. The van der Waals surface area contributed by atoms with Crippen molar-refractivity contribution < 1.29 is 23.9 Å². The Hall–Kier alpha value is -4.79. The molecule has 1 atom stereocenters. The second-order valence-electron chi connectivity index (χ2n) is 8.86. The molecule has 0 spiro atoms. The molecule has 1 aliphatic rings. The summed E-state index contributed by atoms with van der Waals surface area (Å²) in [6.45, 7) is 1.98. The Morgan fingerprint density at radius 1 is 0.974 bits per heavy atom. The predicted octanol–water partition coefficient (Wildman–Crippen LogP) is 4.03. The van der Waals surface area contributed by atoms with Crippen molar-refractivity contribution in [2.75, 3.05) is 26.6 Å². The van der Waals surface area contributed by atoms with E-state index in [2.05, 4.69) is 10.6 Å². The van der Waals surface area contributed by atoms with E-state index < -0.39 is 5.91 Å². The molecule has 9 heteroatoms. The number of nitrogens with two attached hydrogens (primary N) is 1. The topological polar surface area (TPSA) is 123 Å². The van der Waals surface area contributed by atoms with Gasteiger partial charge in [0.15, 0.2) is 11.5 Å². The Bertz CT molecular complexity index is 1410. The highest BCUT2D eigenvalue weighted by molar-refractivity contribution is 6.08. The van der Waals surface area contributed by atoms with Crippen molar-refractivity contribution in [1.29, 1.82) is 0 Å². The molecular weight excluding hydrogens is 484 g/mol. The number of nitrogens with zero attached hydrogens (tertiary/aromatic N) is 1. The Morgan fingerprint density at radius 3 is 2.26 bits per heavy atom. The van der Waals surface area contributed by atoms with Crippen molar-refractivity contribution in [2.24, 2.45) is 5.73 Å². The van der Waals surface area contributed by atoms with Crippen molar-refractivity contribution in [2.45, 2.75) is 19.4 Å². The number of rotatable bonds is 6. The van der Waals surface area contributed by atoms with Crippen molar-refractivity contribution in [3.63, 3.8) is 0 Å². The van der Waals surface area contributed by atoms with E-state index in [1.165, 1.54) is 0 Å². The first-order valence-electron chi connectivity index (χ1n) is 12.0. The van der Waals surface area contributed by atoms with E-state index in [4.69, 9.17) is 15.2 Å². The maximum Gasteiger partial charge on any atom is 0.321 e. The number of anilines is 1. The third-order valence-corrected chi connectivity index (χ3v) is 6.51. The fraction of sp³-hybridized carbons (Fsp3) is 0.207. The average molecular weight is 515 g/mol. The first kappa shape index (κ1) is 26.3. The molecule has 0 saturated heterocycles. The lowest BCUT2D eigenvalue weighted by molar-refractivity contribution is 0.100. The third-order valence-electron chi connectivity index (χ3n) is 6.51. The first-order chi connectivity index (χ1) is 18.3. The van der Waals surface area contributed by atoms with Gasteiger partial charge in [-0.2, -0.15) is 0 Å². The molecule has 4 amide bonds. The van der Waals surface area contributed by atoms with E-state index in [0.29, 0.717) is 29.2 Å². The Kier molecular flexibility index (Phi) is 7.66. The van der Waals surface area contributed by atoms with E-state index in [1.807, 2.05) is 37.4 Å². The smallest absolute Gasteiger partial charge is 0.321 e. The molecule has 0 fully saturated rings. The van der Waals surface area contributed by atoms with Gasteiger partial charge in [0.25, 0.3) is 11.8 Å². The molecule has 4 rings (SSSR count). The Labute approximate surface area is 221 Å². The number of amides is 4. The predicted molar refractivity (Wildman–Crippen MR) is 145 cm³/mol. The molecule has 1 aliphatic heterocycles. The van der Waals surface area contributed by atoms with E-state index in [0.717, 1.165) is 22.3 Å². The summed E-state index contributed by atoms with van der Waals surface area (Å²) < 4.78 is 11.1. The molecule has 9 nitrogen and oxygen atoms in total. The van der Waals surface area contributed by atoms with Crippen LogP contribution in [0.25, 0.3) is 5.57 Å². The van der Waals surface area contributed by atoms with Crippen LogP contribution >= 0.6 is 0 Å². The van der Waals surface area contributed by atoms with Crippen LogP contribution in [0.15, 0.2) is 66.9 Å². The highest BCUT2D eigenvalue weighted by Gasteiger charge is 2.27. The summed E-state index contributed by atoms with van der Waals surface area (Å²) in [5.74, 6) is 0.168. The maximum atomic E-state index is 12.9. The number of primary amides is 1. The highest BCUT2D eigenvalue weighted by Crippen LogP contribution is 2.39. The number of hydrogen-bond donors (Lipinski definition) is 3. The molecule has 1 heterocycles. The molecule has 0 saturated carbocycles. The quantitative estimate of drug-likeness (QED) is 0.458. The summed E-state index contributed by atoms with van der Waals surface area (Å²) in [4.78, 5) is 39.0. The van der Waals surface area contributed by atoms with Crippen LogP contribution in [0, 0.1) is 0 Å². The number of methoxy groups -OCH3 is 2. The van der Waals surface area contributed by atoms with Crippen LogP contribution in [0.1, 0.15) is 44.3 Å². The lowest BCUT2D eigenvalue weighted by Gasteiger charge is -2.24. The van der Waals surface area contributed by atoms with Crippen molar-refractivity contribution >= 4 is 29.1 Å². The summed E-state index contributed by atoms with van der Waals surface area (Å²) in [7, 11) is 4.76. The number of benzene rings is 3. The zero-order valence-electron chi connectivity index (χ0n) is 21.7. The highest BCUT2D eigenvalue weighted by atomic mass is 16.5. The van der Waals surface area contributed by atoms with Crippen LogP contribution in [0.4, 0.5) is 10.5 Å². The second kappa shape index (κ2) is 11.1. The number of para-hydroxylation sites is 1. The molecular formula is C29H30N4O5. The van der Waals surface area contributed by atoms with E-state index in [-0.39, 0.29) is 23.5 Å². The standard InChI is InChI=1S/C29H30N4O5/c1-17-13-20-14-25(37-3)26(38-4)15-22(20)23(16-33(17)29(36)31-2)18-9-11-19(12-10-18)28(35)32-24-8-6-5-7-21(24)27(30)34/h5-12,14-17H,13H2,1-4H3,(H2,30,34)(H,31,36)(H,32,35). The average Bonchev–Trinajstić information content (AvgIpc) is 3.07. The van der Waals surface area contributed by atoms with Crippen LogP contribution < -0.4 is 25.8 Å². The van der Waals surface area contributed by atoms with Gasteiger partial charge in [0.2, 0.25) is 0 Å². The zero-order valence-corrected chi connectivity index (χ0v) is 21.7. The lowest BCUT2D eigenvalue weighted by Crippen LogP contribution is -2.40. The van der Waals surface area contributed by atoms with Gasteiger partial charge in [0.1, 0.15) is 0 Å². The van der Waals surface area contributed by atoms with Gasteiger partial charge in [-0.1, -0.05) is 24.3 Å². The summed E-state index contributed by atoms with van der Waals surface area (Å²) in [5.41, 5.74) is 9.88. The fourth-order valence-electron chi connectivity index (χ4n) is 4.51. The molecule has 0 aliphatic carbocycles. The van der Waals surface area contributed by atoms with Crippen LogP contribution in [0.5, 0.6) is 11.5 Å². The van der Waals surface area contributed by atoms with Gasteiger partial charge >= 0.3 is 6.03 Å². The van der Waals surface area contributed by atoms with E-state index in [1.54, 1.807) is 62.6 Å². The molecule has 196 valence electrons. The SMILES string of the molecule is CNC(=O)N1C=C(c2ccc(C(=O)Nc3ccccc3C(N)=O)cc2)c2cc(OC)c(OC)cc2CC1C. The summed E-state index contributed by atoms with van der Waals surface area (Å²) in [6.07, 6.45) is 2.42. The number of ether oxygens (including phenoxy) is 2. The monoisotopic (exact) mass is 514 g/mol. The van der Waals surface area contributed by atoms with Crippen molar-refractivity contribution in [3.05, 3.63) is 94.7 Å². The molecule has 3 aromatic carbocycles. The van der Waals surface area contributed by atoms with Gasteiger partial charge < -0.3 is 25.8 Å². The van der Waals surface area contributed by atoms with Gasteiger partial charge in [0, 0.05) is 30.4 Å². The largest absolute Gasteiger partial charge is 0.493 e. The first-order valence-corrected chi connectivity index (χ1v) is 12.0. The van der Waals surface area contributed by atoms with Crippen molar-refractivity contribution in [3.8, 4) is 11.5 Å². The fourth-order valence-corrected chi connectivity index (χ4v) is 4.51. The molecule has 0 bridgehead atoms. The number of carbonyl (C=O) groups is 3. The molecule has 38 heavy (non-hydrogen) atoms. The molecule has 0 aromatic heterocycles. The summed E-state index contributed by atoms with van der Waals surface area (Å²) in [6, 6.07) is 17.1. The third kappa shape index (κ3) is 5.17. The number of hydrogen-bond acceptors (Lipinski definition) is 5. The molecule has 3 aromatic rings. The lowest BCUT2D eigenvalue weighted by atomic mass is 9.92. The van der Waals surface area contributed by atoms with Crippen LogP contribution in [-0.4, -0.2) is 50.1 Å². The maximum absolute atomic E-state index is 12.9. The normalized spacial score (nSPS) is 14.5. The Balaban J connectivity index is 1.74. The Morgan fingerprint density at radius 2 is 1.63 bits per heavy atom. The number of nitrogens with one attached hydrogen (secondary N) is 2. The number of carbonyl (C=O) groups excluding carboxylic acids is 3. The minimum absolute atomic E-state index is 0.125. The molecule has 0 radical (unpaired) electrons. The number of fused-ring (bicyclic) bond motifs is 1.